The Morgan fingerprint density at radius 1 is 1.21 bits per heavy atom. The second-order valence-corrected chi connectivity index (χ2v) is 6.34. The van der Waals surface area contributed by atoms with Crippen LogP contribution in [-0.2, 0) is 9.53 Å². The number of rotatable bonds is 8. The highest BCUT2D eigenvalue weighted by atomic mass is 16.6. The molecule has 28 heavy (non-hydrogen) atoms. The first-order valence-electron chi connectivity index (χ1n) is 8.91. The van der Waals surface area contributed by atoms with Crippen LogP contribution < -0.4 is 11.1 Å². The van der Waals surface area contributed by atoms with Crippen LogP contribution in [0.3, 0.4) is 0 Å². The number of nitrogens with one attached hydrogen (secondary N) is 1. The number of ether oxygens (including phenoxy) is 1. The van der Waals surface area contributed by atoms with Crippen LogP contribution in [0, 0.1) is 10.1 Å². The normalized spacial score (nSPS) is 12.6. The average molecular weight is 385 g/mol. The lowest BCUT2D eigenvalue weighted by atomic mass is 9.96. The van der Waals surface area contributed by atoms with Gasteiger partial charge in [0.1, 0.15) is 0 Å². The van der Waals surface area contributed by atoms with Gasteiger partial charge in [0, 0.05) is 24.6 Å². The molecule has 0 aromatic heterocycles. The summed E-state index contributed by atoms with van der Waals surface area (Å²) >= 11 is 0. The van der Waals surface area contributed by atoms with E-state index in [0.717, 1.165) is 24.1 Å². The molecule has 0 fully saturated rings. The average Bonchev–Trinajstić information content (AvgIpc) is 2.68. The van der Waals surface area contributed by atoms with Gasteiger partial charge in [-0.25, -0.2) is 4.79 Å². The lowest BCUT2D eigenvalue weighted by Crippen LogP contribution is -2.38. The van der Waals surface area contributed by atoms with Crippen LogP contribution >= 0.6 is 0 Å². The van der Waals surface area contributed by atoms with E-state index >= 15 is 0 Å². The minimum absolute atomic E-state index is 0.0269. The minimum Gasteiger partial charge on any atom is -0.449 e. The number of amides is 1. The molecule has 8 heteroatoms. The summed E-state index contributed by atoms with van der Waals surface area (Å²) in [6.45, 7) is 3.91. The Hall–Kier alpha value is -3.42. The maximum Gasteiger partial charge on any atom is 0.341 e. The molecule has 0 radical (unpaired) electrons. The quantitative estimate of drug-likeness (QED) is 0.311. The lowest BCUT2D eigenvalue weighted by Gasteiger charge is -2.18. The number of non-ortho nitro benzene ring substituents is 1. The Labute approximate surface area is 162 Å². The Morgan fingerprint density at radius 2 is 1.89 bits per heavy atom. The largest absolute Gasteiger partial charge is 0.449 e. The number of hydrogen-bond donors (Lipinski definition) is 2. The van der Waals surface area contributed by atoms with Crippen LogP contribution in [0.5, 0.6) is 0 Å². The number of nitrogen functional groups attached to an aromatic ring is 1. The molecule has 148 valence electrons. The molecule has 0 spiro atoms. The second kappa shape index (κ2) is 9.50. The third-order valence-corrected chi connectivity index (χ3v) is 4.41. The van der Waals surface area contributed by atoms with Crippen molar-refractivity contribution in [2.45, 2.75) is 32.3 Å². The van der Waals surface area contributed by atoms with Gasteiger partial charge in [0.05, 0.1) is 16.2 Å². The van der Waals surface area contributed by atoms with Crippen molar-refractivity contribution in [3.8, 4) is 0 Å². The van der Waals surface area contributed by atoms with Crippen molar-refractivity contribution in [1.29, 1.82) is 0 Å². The van der Waals surface area contributed by atoms with E-state index in [1.165, 1.54) is 13.0 Å². The third kappa shape index (κ3) is 5.29. The first kappa shape index (κ1) is 20.9. The number of hydrogen-bond acceptors (Lipinski definition) is 6. The van der Waals surface area contributed by atoms with Crippen molar-refractivity contribution >= 4 is 23.3 Å². The van der Waals surface area contributed by atoms with Crippen LogP contribution in [0.1, 0.15) is 42.1 Å². The van der Waals surface area contributed by atoms with E-state index in [9.17, 15) is 19.7 Å². The Bertz CT molecular complexity index is 854. The molecule has 0 saturated heterocycles. The predicted octanol–water partition coefficient (Wildman–Crippen LogP) is 3.03. The summed E-state index contributed by atoms with van der Waals surface area (Å²) in [7, 11) is 0. The SMILES string of the molecule is CC[C@@H](CNC(=O)[C@H](C)OC(=O)c1ccc([N+](=O)[O-])cc1N)c1ccccc1. The first-order valence-corrected chi connectivity index (χ1v) is 8.91. The monoisotopic (exact) mass is 385 g/mol. The van der Waals surface area contributed by atoms with Gasteiger partial charge in [-0.05, 0) is 25.0 Å². The first-order chi connectivity index (χ1) is 13.3. The molecule has 2 aromatic carbocycles. The molecule has 2 aromatic rings. The number of carbonyl (C=O) groups is 2. The fourth-order valence-electron chi connectivity index (χ4n) is 2.72. The van der Waals surface area contributed by atoms with E-state index in [4.69, 9.17) is 10.5 Å². The van der Waals surface area contributed by atoms with Crippen molar-refractivity contribution in [3.63, 3.8) is 0 Å². The molecule has 0 aliphatic rings. The lowest BCUT2D eigenvalue weighted by molar-refractivity contribution is -0.384. The molecule has 2 atom stereocenters. The number of esters is 1. The van der Waals surface area contributed by atoms with Crippen LogP contribution in [0.25, 0.3) is 0 Å². The van der Waals surface area contributed by atoms with E-state index < -0.39 is 22.9 Å². The highest BCUT2D eigenvalue weighted by Gasteiger charge is 2.22. The van der Waals surface area contributed by atoms with Crippen LogP contribution in [-0.4, -0.2) is 29.4 Å². The van der Waals surface area contributed by atoms with E-state index in [-0.39, 0.29) is 22.9 Å². The molecule has 3 N–H and O–H groups in total. The van der Waals surface area contributed by atoms with Crippen molar-refractivity contribution in [3.05, 3.63) is 69.8 Å². The van der Waals surface area contributed by atoms with Gasteiger partial charge in [0.25, 0.3) is 11.6 Å². The van der Waals surface area contributed by atoms with Gasteiger partial charge in [-0.3, -0.25) is 14.9 Å². The summed E-state index contributed by atoms with van der Waals surface area (Å²) in [4.78, 5) is 34.6. The van der Waals surface area contributed by atoms with Crippen molar-refractivity contribution < 1.29 is 19.2 Å². The smallest absolute Gasteiger partial charge is 0.341 e. The van der Waals surface area contributed by atoms with Gasteiger partial charge in [0.15, 0.2) is 6.10 Å². The molecule has 0 aliphatic carbocycles. The standard InChI is InChI=1S/C20H23N3O5/c1-3-14(15-7-5-4-6-8-15)12-22-19(24)13(2)28-20(25)17-10-9-16(23(26)27)11-18(17)21/h4-11,13-14H,3,12,21H2,1-2H3,(H,22,24)/t13-,14-/m0/s1. The van der Waals surface area contributed by atoms with Crippen LogP contribution in [0.4, 0.5) is 11.4 Å². The zero-order valence-corrected chi connectivity index (χ0v) is 15.8. The highest BCUT2D eigenvalue weighted by molar-refractivity contribution is 5.97. The number of nitro groups is 1. The molecule has 0 heterocycles. The van der Waals surface area contributed by atoms with Crippen molar-refractivity contribution in [2.75, 3.05) is 12.3 Å². The number of nitrogens with two attached hydrogens (primary N) is 1. The molecule has 0 aliphatic heterocycles. The molecular formula is C20H23N3O5. The molecular weight excluding hydrogens is 362 g/mol. The van der Waals surface area contributed by atoms with Gasteiger partial charge in [-0.2, -0.15) is 0 Å². The summed E-state index contributed by atoms with van der Waals surface area (Å²) in [5.74, 6) is -1.09. The number of carbonyl (C=O) groups excluding carboxylic acids is 2. The Balaban J connectivity index is 1.94. The van der Waals surface area contributed by atoms with Gasteiger partial charge in [0.2, 0.25) is 0 Å². The van der Waals surface area contributed by atoms with Gasteiger partial charge in [-0.1, -0.05) is 37.3 Å². The van der Waals surface area contributed by atoms with Gasteiger partial charge < -0.3 is 15.8 Å². The van der Waals surface area contributed by atoms with Crippen LogP contribution in [0.2, 0.25) is 0 Å². The summed E-state index contributed by atoms with van der Waals surface area (Å²) in [5.41, 5.74) is 6.47. The van der Waals surface area contributed by atoms with Crippen molar-refractivity contribution in [1.82, 2.24) is 5.32 Å². The zero-order valence-electron chi connectivity index (χ0n) is 15.8. The summed E-state index contributed by atoms with van der Waals surface area (Å²) < 4.78 is 5.15. The topological polar surface area (TPSA) is 125 Å². The predicted molar refractivity (Wildman–Crippen MR) is 105 cm³/mol. The van der Waals surface area contributed by atoms with Crippen LogP contribution in [0.15, 0.2) is 48.5 Å². The summed E-state index contributed by atoms with van der Waals surface area (Å²) in [6.07, 6.45) is -0.187. The number of benzene rings is 2. The maximum absolute atomic E-state index is 12.3. The Morgan fingerprint density at radius 3 is 2.46 bits per heavy atom. The Kier molecular flexibility index (Phi) is 7.08. The zero-order chi connectivity index (χ0) is 20.7. The highest BCUT2D eigenvalue weighted by Crippen LogP contribution is 2.21. The fraction of sp³-hybridized carbons (Fsp3) is 0.300. The van der Waals surface area contributed by atoms with Gasteiger partial charge >= 0.3 is 5.97 Å². The third-order valence-electron chi connectivity index (χ3n) is 4.41. The number of nitrogens with zero attached hydrogens (tertiary/aromatic N) is 1. The molecule has 8 nitrogen and oxygen atoms in total. The number of anilines is 1. The molecule has 1 amide bonds. The molecule has 2 rings (SSSR count). The fourth-order valence-corrected chi connectivity index (χ4v) is 2.72. The summed E-state index contributed by atoms with van der Waals surface area (Å²) in [6, 6.07) is 13.3. The summed E-state index contributed by atoms with van der Waals surface area (Å²) in [5, 5.41) is 13.5. The van der Waals surface area contributed by atoms with E-state index in [1.54, 1.807) is 0 Å². The second-order valence-electron chi connectivity index (χ2n) is 6.34. The molecule has 0 saturated carbocycles. The minimum atomic E-state index is -1.03. The van der Waals surface area contributed by atoms with E-state index in [0.29, 0.717) is 6.54 Å². The molecule has 0 unspecified atom stereocenters. The van der Waals surface area contributed by atoms with E-state index in [1.807, 2.05) is 37.3 Å². The number of nitro benzene ring substituents is 1. The van der Waals surface area contributed by atoms with Crippen molar-refractivity contribution in [2.24, 2.45) is 0 Å². The maximum atomic E-state index is 12.3. The van der Waals surface area contributed by atoms with E-state index in [2.05, 4.69) is 5.32 Å². The molecule has 0 bridgehead atoms. The van der Waals surface area contributed by atoms with Gasteiger partial charge in [-0.15, -0.1) is 0 Å².